The summed E-state index contributed by atoms with van der Waals surface area (Å²) < 4.78 is 7.61. The molecule has 6 nitrogen and oxygen atoms in total. The van der Waals surface area contributed by atoms with Crippen molar-refractivity contribution < 1.29 is 4.42 Å². The molecule has 0 atom stereocenters. The molecule has 0 saturated heterocycles. The summed E-state index contributed by atoms with van der Waals surface area (Å²) in [5.74, 6) is 1.73. The first-order valence-electron chi connectivity index (χ1n) is 5.11. The quantitative estimate of drug-likeness (QED) is 0.785. The van der Waals surface area contributed by atoms with Crippen molar-refractivity contribution in [3.8, 4) is 17.3 Å². The van der Waals surface area contributed by atoms with Crippen molar-refractivity contribution in [3.05, 3.63) is 41.5 Å². The van der Waals surface area contributed by atoms with Crippen molar-refractivity contribution in [1.82, 2.24) is 19.7 Å². The summed E-state index contributed by atoms with van der Waals surface area (Å²) in [4.78, 5) is 7.94. The van der Waals surface area contributed by atoms with Gasteiger partial charge < -0.3 is 10.2 Å². The van der Waals surface area contributed by atoms with E-state index in [1.165, 1.54) is 11.0 Å². The van der Waals surface area contributed by atoms with Crippen molar-refractivity contribution in [3.63, 3.8) is 0 Å². The molecule has 2 N–H and O–H groups in total. The first-order valence-corrected chi connectivity index (χ1v) is 5.91. The number of nitrogen functional groups attached to an aromatic ring is 1. The number of furan rings is 1. The van der Waals surface area contributed by atoms with Crippen LogP contribution in [0.15, 0.2) is 45.9 Å². The normalized spacial score (nSPS) is 10.7. The molecule has 0 fully saturated rings. The van der Waals surface area contributed by atoms with Gasteiger partial charge in [0.15, 0.2) is 16.2 Å². The van der Waals surface area contributed by atoms with Crippen LogP contribution in [0.2, 0.25) is 0 Å². The highest BCUT2D eigenvalue weighted by atomic mass is 79.9. The second-order valence-corrected chi connectivity index (χ2v) is 4.32. The van der Waals surface area contributed by atoms with Crippen LogP contribution < -0.4 is 5.73 Å². The molecular formula is C11H8BrN5O. The molecule has 90 valence electrons. The SMILES string of the molecule is Nc1cc(-c2ccc(Br)o2)nn1-c1ccncn1. The fourth-order valence-corrected chi connectivity index (χ4v) is 1.87. The molecule has 0 amide bonds. The van der Waals surface area contributed by atoms with E-state index in [0.29, 0.717) is 27.8 Å². The van der Waals surface area contributed by atoms with Gasteiger partial charge in [0.2, 0.25) is 0 Å². The van der Waals surface area contributed by atoms with E-state index in [-0.39, 0.29) is 0 Å². The molecule has 0 aliphatic carbocycles. The minimum atomic E-state index is 0.483. The van der Waals surface area contributed by atoms with E-state index >= 15 is 0 Å². The summed E-state index contributed by atoms with van der Waals surface area (Å²) in [7, 11) is 0. The first-order chi connectivity index (χ1) is 8.74. The Morgan fingerprint density at radius 3 is 2.83 bits per heavy atom. The fourth-order valence-electron chi connectivity index (χ4n) is 1.56. The van der Waals surface area contributed by atoms with E-state index in [1.54, 1.807) is 24.4 Å². The highest BCUT2D eigenvalue weighted by molar-refractivity contribution is 9.10. The minimum Gasteiger partial charge on any atom is -0.448 e. The second-order valence-electron chi connectivity index (χ2n) is 3.54. The lowest BCUT2D eigenvalue weighted by atomic mass is 10.3. The fraction of sp³-hybridized carbons (Fsp3) is 0. The number of halogens is 1. The second kappa shape index (κ2) is 4.26. The predicted octanol–water partition coefficient (Wildman–Crippen LogP) is 2.27. The number of hydrogen-bond donors (Lipinski definition) is 1. The van der Waals surface area contributed by atoms with Crippen LogP contribution in [0.1, 0.15) is 0 Å². The summed E-state index contributed by atoms with van der Waals surface area (Å²) in [6, 6.07) is 7.07. The smallest absolute Gasteiger partial charge is 0.169 e. The van der Waals surface area contributed by atoms with E-state index in [4.69, 9.17) is 10.2 Å². The van der Waals surface area contributed by atoms with Gasteiger partial charge in [-0.3, -0.25) is 0 Å². The van der Waals surface area contributed by atoms with Crippen LogP contribution in [-0.2, 0) is 0 Å². The van der Waals surface area contributed by atoms with Crippen molar-refractivity contribution in [2.75, 3.05) is 5.73 Å². The topological polar surface area (TPSA) is 82.8 Å². The third kappa shape index (κ3) is 1.88. The van der Waals surface area contributed by atoms with Gasteiger partial charge in [-0.2, -0.15) is 9.78 Å². The van der Waals surface area contributed by atoms with Gasteiger partial charge in [0, 0.05) is 18.3 Å². The van der Waals surface area contributed by atoms with Crippen LogP contribution in [0.5, 0.6) is 0 Å². The molecule has 0 spiro atoms. The largest absolute Gasteiger partial charge is 0.448 e. The molecule has 3 aromatic rings. The predicted molar refractivity (Wildman–Crippen MR) is 69.0 cm³/mol. The zero-order chi connectivity index (χ0) is 12.5. The maximum Gasteiger partial charge on any atom is 0.169 e. The maximum absolute atomic E-state index is 5.90. The Bertz CT molecular complexity index is 676. The van der Waals surface area contributed by atoms with E-state index < -0.39 is 0 Å². The van der Waals surface area contributed by atoms with Gasteiger partial charge in [0.1, 0.15) is 17.8 Å². The Morgan fingerprint density at radius 2 is 2.17 bits per heavy atom. The van der Waals surface area contributed by atoms with Gasteiger partial charge >= 0.3 is 0 Å². The van der Waals surface area contributed by atoms with E-state index in [1.807, 2.05) is 6.07 Å². The van der Waals surface area contributed by atoms with Crippen LogP contribution >= 0.6 is 15.9 Å². The highest BCUT2D eigenvalue weighted by Crippen LogP contribution is 2.26. The minimum absolute atomic E-state index is 0.483. The third-order valence-corrected chi connectivity index (χ3v) is 2.77. The molecule has 0 aromatic carbocycles. The standard InChI is InChI=1S/C11H8BrN5O/c12-9-2-1-8(18-9)7-5-10(13)17(16-7)11-3-4-14-6-15-11/h1-6H,13H2. The monoisotopic (exact) mass is 305 g/mol. The Hall–Kier alpha value is -2.15. The number of nitrogens with zero attached hydrogens (tertiary/aromatic N) is 4. The van der Waals surface area contributed by atoms with E-state index in [0.717, 1.165) is 0 Å². The van der Waals surface area contributed by atoms with Gasteiger partial charge in [-0.05, 0) is 28.1 Å². The molecule has 7 heteroatoms. The first kappa shape index (κ1) is 11.0. The molecule has 0 bridgehead atoms. The van der Waals surface area contributed by atoms with Crippen LogP contribution in [0.25, 0.3) is 17.3 Å². The van der Waals surface area contributed by atoms with Crippen LogP contribution in [-0.4, -0.2) is 19.7 Å². The number of rotatable bonds is 2. The van der Waals surface area contributed by atoms with Gasteiger partial charge in [-0.25, -0.2) is 9.97 Å². The van der Waals surface area contributed by atoms with Crippen molar-refractivity contribution >= 4 is 21.7 Å². The average Bonchev–Trinajstić information content (AvgIpc) is 2.97. The Morgan fingerprint density at radius 1 is 1.28 bits per heavy atom. The molecule has 3 rings (SSSR count). The van der Waals surface area contributed by atoms with Crippen molar-refractivity contribution in [1.29, 1.82) is 0 Å². The summed E-state index contributed by atoms with van der Waals surface area (Å²) in [5, 5.41) is 4.35. The Labute approximate surface area is 111 Å². The molecule has 0 aliphatic heterocycles. The van der Waals surface area contributed by atoms with Gasteiger partial charge in [-0.15, -0.1) is 0 Å². The van der Waals surface area contributed by atoms with Gasteiger partial charge in [0.05, 0.1) is 0 Å². The molecule has 0 aliphatic rings. The maximum atomic E-state index is 5.90. The van der Waals surface area contributed by atoms with E-state index in [2.05, 4.69) is 31.0 Å². The van der Waals surface area contributed by atoms with Gasteiger partial charge in [-0.1, -0.05) is 0 Å². The lowest BCUT2D eigenvalue weighted by Gasteiger charge is -2.00. The van der Waals surface area contributed by atoms with Gasteiger partial charge in [0.25, 0.3) is 0 Å². The van der Waals surface area contributed by atoms with E-state index in [9.17, 15) is 0 Å². The number of nitrogens with two attached hydrogens (primary N) is 1. The van der Waals surface area contributed by atoms with Crippen LogP contribution in [0.4, 0.5) is 5.82 Å². The molecule has 0 unspecified atom stereocenters. The zero-order valence-electron chi connectivity index (χ0n) is 9.12. The molecule has 3 aromatic heterocycles. The molecule has 0 radical (unpaired) electrons. The molecule has 18 heavy (non-hydrogen) atoms. The Kier molecular flexibility index (Phi) is 2.60. The highest BCUT2D eigenvalue weighted by Gasteiger charge is 2.12. The number of aromatic nitrogens is 4. The zero-order valence-corrected chi connectivity index (χ0v) is 10.7. The number of anilines is 1. The van der Waals surface area contributed by atoms with Crippen molar-refractivity contribution in [2.45, 2.75) is 0 Å². The lowest BCUT2D eigenvalue weighted by molar-refractivity contribution is 0.553. The third-order valence-electron chi connectivity index (χ3n) is 2.35. The molecule has 0 saturated carbocycles. The van der Waals surface area contributed by atoms with Crippen LogP contribution in [0.3, 0.4) is 0 Å². The summed E-state index contributed by atoms with van der Waals surface area (Å²) in [6.07, 6.45) is 3.08. The number of hydrogen-bond acceptors (Lipinski definition) is 5. The van der Waals surface area contributed by atoms with Crippen LogP contribution in [0, 0.1) is 0 Å². The average molecular weight is 306 g/mol. The summed E-state index contributed by atoms with van der Waals surface area (Å²) in [5.41, 5.74) is 6.55. The Balaban J connectivity index is 2.06. The summed E-state index contributed by atoms with van der Waals surface area (Å²) in [6.45, 7) is 0. The summed E-state index contributed by atoms with van der Waals surface area (Å²) >= 11 is 3.25. The molecule has 3 heterocycles. The molecular weight excluding hydrogens is 298 g/mol. The van der Waals surface area contributed by atoms with Crippen molar-refractivity contribution in [2.24, 2.45) is 0 Å². The lowest BCUT2D eigenvalue weighted by Crippen LogP contribution is -2.03.